The van der Waals surface area contributed by atoms with E-state index in [9.17, 15) is 32.7 Å². The minimum Gasteiger partial charge on any atom is -0.481 e. The van der Waals surface area contributed by atoms with Gasteiger partial charge in [0.25, 0.3) is 0 Å². The number of ether oxygens (including phenoxy) is 2. The van der Waals surface area contributed by atoms with Crippen molar-refractivity contribution in [2.45, 2.75) is 70.3 Å². The molecule has 0 aliphatic heterocycles. The number of hydrogen-bond acceptors (Lipinski definition) is 5. The van der Waals surface area contributed by atoms with Crippen molar-refractivity contribution in [3.05, 3.63) is 70.8 Å². The van der Waals surface area contributed by atoms with Crippen molar-refractivity contribution in [1.82, 2.24) is 0 Å². The van der Waals surface area contributed by atoms with Crippen LogP contribution in [0.1, 0.15) is 83.4 Å². The van der Waals surface area contributed by atoms with Gasteiger partial charge in [0.15, 0.2) is 6.10 Å². The molecule has 0 saturated carbocycles. The van der Waals surface area contributed by atoms with E-state index < -0.39 is 42.2 Å². The van der Waals surface area contributed by atoms with Gasteiger partial charge < -0.3 is 14.6 Å². The average molecular weight is 507 g/mol. The molecule has 2 aromatic carbocycles. The molecule has 1 aliphatic rings. The van der Waals surface area contributed by atoms with Gasteiger partial charge in [-0.25, -0.2) is 9.59 Å². The van der Waals surface area contributed by atoms with Gasteiger partial charge >= 0.3 is 24.1 Å². The van der Waals surface area contributed by atoms with Crippen molar-refractivity contribution in [3.63, 3.8) is 0 Å². The fourth-order valence-corrected chi connectivity index (χ4v) is 4.29. The summed E-state index contributed by atoms with van der Waals surface area (Å²) >= 11 is 0. The second kappa shape index (κ2) is 12.1. The third-order valence-electron chi connectivity index (χ3n) is 6.29. The summed E-state index contributed by atoms with van der Waals surface area (Å²) in [6.07, 6.45) is -4.73. The Labute approximate surface area is 207 Å². The Kier molecular flexibility index (Phi) is 9.12. The number of aliphatic carboxylic acids is 1. The number of rotatable bonds is 10. The maximum atomic E-state index is 13.3. The smallest absolute Gasteiger partial charge is 0.425 e. The van der Waals surface area contributed by atoms with Crippen LogP contribution in [0.3, 0.4) is 0 Å². The molecule has 0 amide bonds. The lowest BCUT2D eigenvalue weighted by Gasteiger charge is -2.30. The van der Waals surface area contributed by atoms with Crippen LogP contribution in [-0.2, 0) is 20.7 Å². The van der Waals surface area contributed by atoms with Gasteiger partial charge in [0.2, 0.25) is 0 Å². The predicted octanol–water partition coefficient (Wildman–Crippen LogP) is 6.29. The highest BCUT2D eigenvalue weighted by Crippen LogP contribution is 2.38. The first-order valence-electron chi connectivity index (χ1n) is 12.0. The van der Waals surface area contributed by atoms with Crippen molar-refractivity contribution in [2.24, 2.45) is 5.92 Å². The maximum Gasteiger partial charge on any atom is 0.425 e. The fraction of sp³-hybridized carbons (Fsp3) is 0.444. The van der Waals surface area contributed by atoms with E-state index in [2.05, 4.69) is 0 Å². The Morgan fingerprint density at radius 1 is 0.972 bits per heavy atom. The van der Waals surface area contributed by atoms with Gasteiger partial charge in [-0.05, 0) is 61.1 Å². The second-order valence-corrected chi connectivity index (χ2v) is 8.87. The first kappa shape index (κ1) is 27.2. The van der Waals surface area contributed by atoms with Crippen molar-refractivity contribution in [2.75, 3.05) is 0 Å². The Hall–Kier alpha value is -3.36. The summed E-state index contributed by atoms with van der Waals surface area (Å²) in [5.41, 5.74) is 1.42. The number of carboxylic acids is 1. The molecule has 0 spiro atoms. The number of carbonyl (C=O) groups excluding carboxylic acids is 2. The summed E-state index contributed by atoms with van der Waals surface area (Å²) in [6.45, 7) is 1.94. The largest absolute Gasteiger partial charge is 0.481 e. The van der Waals surface area contributed by atoms with Gasteiger partial charge in [0.1, 0.15) is 6.10 Å². The highest BCUT2D eigenvalue weighted by Gasteiger charge is 2.42. The topological polar surface area (TPSA) is 89.9 Å². The average Bonchev–Trinajstić information content (AvgIpc) is 2.85. The van der Waals surface area contributed by atoms with E-state index in [0.717, 1.165) is 18.4 Å². The first-order valence-corrected chi connectivity index (χ1v) is 12.0. The molecule has 0 fully saturated rings. The van der Waals surface area contributed by atoms with Crippen LogP contribution in [0, 0.1) is 5.92 Å². The molecule has 0 heterocycles. The molecule has 3 atom stereocenters. The number of halogens is 3. The molecule has 9 heteroatoms. The fourth-order valence-electron chi connectivity index (χ4n) is 4.29. The summed E-state index contributed by atoms with van der Waals surface area (Å²) in [6, 6.07) is 12.0. The Balaban J connectivity index is 1.68. The molecule has 1 N–H and O–H groups in total. The zero-order chi connectivity index (χ0) is 26.3. The highest BCUT2D eigenvalue weighted by atomic mass is 19.4. The van der Waals surface area contributed by atoms with Crippen LogP contribution in [0.4, 0.5) is 13.2 Å². The van der Waals surface area contributed by atoms with E-state index in [0.29, 0.717) is 24.8 Å². The summed E-state index contributed by atoms with van der Waals surface area (Å²) in [4.78, 5) is 36.9. The molecule has 2 aromatic rings. The van der Waals surface area contributed by atoms with Crippen LogP contribution in [-0.4, -0.2) is 35.3 Å². The Morgan fingerprint density at radius 2 is 1.61 bits per heavy atom. The van der Waals surface area contributed by atoms with E-state index in [1.165, 1.54) is 24.3 Å². The summed E-state index contributed by atoms with van der Waals surface area (Å²) < 4.78 is 50.2. The summed E-state index contributed by atoms with van der Waals surface area (Å²) in [7, 11) is 0. The van der Waals surface area contributed by atoms with Crippen molar-refractivity contribution >= 4 is 17.9 Å². The number of unbranched alkanes of at least 4 members (excludes halogenated alkanes) is 3. The van der Waals surface area contributed by atoms with Crippen molar-refractivity contribution in [1.29, 1.82) is 0 Å². The number of benzene rings is 2. The van der Waals surface area contributed by atoms with Crippen molar-refractivity contribution < 1.29 is 42.1 Å². The van der Waals surface area contributed by atoms with Crippen LogP contribution < -0.4 is 0 Å². The molecule has 194 valence electrons. The minimum atomic E-state index is -4.68. The van der Waals surface area contributed by atoms with Crippen LogP contribution in [0.5, 0.6) is 0 Å². The summed E-state index contributed by atoms with van der Waals surface area (Å²) in [5.74, 6) is -3.92. The molecule has 2 unspecified atom stereocenters. The molecular formula is C27H29F3O6. The van der Waals surface area contributed by atoms with Crippen LogP contribution in [0.25, 0.3) is 0 Å². The minimum absolute atomic E-state index is 0.0330. The number of hydrogen-bond donors (Lipinski definition) is 1. The van der Waals surface area contributed by atoms with Gasteiger partial charge in [0.05, 0.1) is 17.0 Å². The number of carbonyl (C=O) groups is 3. The van der Waals surface area contributed by atoms with Gasteiger partial charge in [-0.1, -0.05) is 50.5 Å². The lowest BCUT2D eigenvalue weighted by molar-refractivity contribution is -0.206. The molecule has 1 aliphatic carbocycles. The number of carboxylic acid groups (broad SMARTS) is 1. The quantitative estimate of drug-likeness (QED) is 0.301. The lowest BCUT2D eigenvalue weighted by atomic mass is 9.81. The standard InChI is InChI=1S/C27H29F3O6/c1-2-3-4-5-10-22(27(28,29)30)35-25(33)18-11-13-19(14-12-18)26(34)36-23-20-9-7-6-8-17(20)15-16-21(23)24(31)32/h6-9,11-14,21-23H,2-5,10,15-16H2,1H3,(H,31,32)/t21?,22-,23?/m1/s1. The normalized spacial score (nSPS) is 18.1. The SMILES string of the molecule is CCCCCC[C@@H](OC(=O)c1ccc(C(=O)OC2c3ccccc3CCC2C(=O)O)cc1)C(F)(F)F. The second-order valence-electron chi connectivity index (χ2n) is 8.87. The number of fused-ring (bicyclic) bond motifs is 1. The monoisotopic (exact) mass is 506 g/mol. The van der Waals surface area contributed by atoms with Crippen LogP contribution in [0.2, 0.25) is 0 Å². The molecule has 36 heavy (non-hydrogen) atoms. The number of esters is 2. The van der Waals surface area contributed by atoms with E-state index in [1.54, 1.807) is 12.1 Å². The third kappa shape index (κ3) is 6.86. The predicted molar refractivity (Wildman–Crippen MR) is 125 cm³/mol. The molecule has 0 aromatic heterocycles. The third-order valence-corrected chi connectivity index (χ3v) is 6.29. The molecule has 0 saturated heterocycles. The Morgan fingerprint density at radius 3 is 2.22 bits per heavy atom. The zero-order valence-electron chi connectivity index (χ0n) is 19.9. The van der Waals surface area contributed by atoms with E-state index >= 15 is 0 Å². The van der Waals surface area contributed by atoms with Gasteiger partial charge in [-0.3, -0.25) is 4.79 Å². The molecule has 0 radical (unpaired) electrons. The van der Waals surface area contributed by atoms with Gasteiger partial charge in [-0.2, -0.15) is 13.2 Å². The maximum absolute atomic E-state index is 13.3. The van der Waals surface area contributed by atoms with Gasteiger partial charge in [0, 0.05) is 0 Å². The first-order chi connectivity index (χ1) is 17.1. The molecule has 0 bridgehead atoms. The molecular weight excluding hydrogens is 477 g/mol. The van der Waals surface area contributed by atoms with E-state index in [1.807, 2.05) is 19.1 Å². The van der Waals surface area contributed by atoms with Crippen molar-refractivity contribution in [3.8, 4) is 0 Å². The highest BCUT2D eigenvalue weighted by molar-refractivity contribution is 5.93. The van der Waals surface area contributed by atoms with Crippen LogP contribution in [0.15, 0.2) is 48.5 Å². The van der Waals surface area contributed by atoms with E-state index in [-0.39, 0.29) is 24.0 Å². The number of alkyl halides is 3. The summed E-state index contributed by atoms with van der Waals surface area (Å²) in [5, 5.41) is 9.60. The molecule has 6 nitrogen and oxygen atoms in total. The van der Waals surface area contributed by atoms with Crippen LogP contribution >= 0.6 is 0 Å². The number of aryl methyl sites for hydroxylation is 1. The van der Waals surface area contributed by atoms with Gasteiger partial charge in [-0.15, -0.1) is 0 Å². The molecule has 3 rings (SSSR count). The Bertz CT molecular complexity index is 1060. The zero-order valence-corrected chi connectivity index (χ0v) is 19.9. The lowest BCUT2D eigenvalue weighted by Crippen LogP contribution is -2.34. The van der Waals surface area contributed by atoms with E-state index in [4.69, 9.17) is 9.47 Å².